The van der Waals surface area contributed by atoms with Crippen molar-refractivity contribution in [1.82, 2.24) is 24.5 Å². The Hall–Kier alpha value is -3.67. The van der Waals surface area contributed by atoms with Gasteiger partial charge in [-0.3, -0.25) is 19.0 Å². The summed E-state index contributed by atoms with van der Waals surface area (Å²) >= 11 is 0.861. The molecule has 4 aromatic heterocycles. The number of hydrogen-bond acceptors (Lipinski definition) is 6. The van der Waals surface area contributed by atoms with E-state index in [1.165, 1.54) is 10.7 Å². The highest BCUT2D eigenvalue weighted by Crippen LogP contribution is 2.43. The molecule has 9 nitrogen and oxygen atoms in total. The van der Waals surface area contributed by atoms with Crippen molar-refractivity contribution in [2.45, 2.75) is 46.7 Å². The third kappa shape index (κ3) is 4.16. The number of carbonyl (C=O) groups excluding carboxylic acids is 2. The van der Waals surface area contributed by atoms with Crippen LogP contribution in [0.2, 0.25) is 0 Å². The van der Waals surface area contributed by atoms with E-state index < -0.39 is 30.0 Å². The second kappa shape index (κ2) is 8.93. The van der Waals surface area contributed by atoms with E-state index in [2.05, 4.69) is 20.5 Å². The van der Waals surface area contributed by atoms with Crippen molar-refractivity contribution in [2.24, 2.45) is 5.73 Å². The molecule has 0 aliphatic heterocycles. The lowest BCUT2D eigenvalue weighted by Gasteiger charge is -2.14. The molecule has 2 amide bonds. The summed E-state index contributed by atoms with van der Waals surface area (Å²) in [4.78, 5) is 29.6. The number of amides is 2. The number of fused-ring (bicyclic) bond motifs is 1. The highest BCUT2D eigenvalue weighted by Gasteiger charge is 2.27. The lowest BCUT2D eigenvalue weighted by atomic mass is 10.0. The van der Waals surface area contributed by atoms with Crippen molar-refractivity contribution in [2.75, 3.05) is 5.32 Å². The molecule has 3 N–H and O–H groups in total. The number of primary amides is 1. The summed E-state index contributed by atoms with van der Waals surface area (Å²) in [5.41, 5.74) is 7.77. The minimum Gasteiger partial charge on any atom is -0.365 e. The van der Waals surface area contributed by atoms with Crippen LogP contribution in [-0.4, -0.2) is 36.4 Å². The third-order valence-electron chi connectivity index (χ3n) is 5.44. The molecule has 0 spiro atoms. The summed E-state index contributed by atoms with van der Waals surface area (Å²) < 4.78 is 30.5. The van der Waals surface area contributed by atoms with Gasteiger partial charge in [-0.05, 0) is 44.9 Å². The summed E-state index contributed by atoms with van der Waals surface area (Å²) in [7, 11) is 0. The molecular weight excluding hydrogens is 464 g/mol. The van der Waals surface area contributed by atoms with Gasteiger partial charge >= 0.3 is 0 Å². The van der Waals surface area contributed by atoms with Gasteiger partial charge in [-0.25, -0.2) is 13.8 Å². The summed E-state index contributed by atoms with van der Waals surface area (Å²) in [6, 6.07) is 0.565. The Morgan fingerprint density at radius 1 is 1.24 bits per heavy atom. The van der Waals surface area contributed by atoms with Crippen LogP contribution >= 0.6 is 11.3 Å². The maximum absolute atomic E-state index is 13.7. The quantitative estimate of drug-likeness (QED) is 0.404. The van der Waals surface area contributed by atoms with Gasteiger partial charge in [0.05, 0.1) is 17.6 Å². The number of hydrogen-bond donors (Lipinski definition) is 2. The molecule has 0 radical (unpaired) electrons. The number of rotatable bonds is 7. The molecule has 12 heteroatoms. The SMILES string of the molecule is CCn1cc(-c2cc(C(F)F)nc3sc(C(N)=O)c(NC(=O)C(C)n4cc(C)cn4)c23)c(C)n1. The van der Waals surface area contributed by atoms with E-state index in [1.807, 2.05) is 13.8 Å². The molecule has 0 fully saturated rings. The molecule has 0 bridgehead atoms. The Morgan fingerprint density at radius 2 is 1.97 bits per heavy atom. The average molecular weight is 488 g/mol. The first kappa shape index (κ1) is 23.5. The third-order valence-corrected chi connectivity index (χ3v) is 6.54. The number of nitrogens with zero attached hydrogens (tertiary/aromatic N) is 5. The van der Waals surface area contributed by atoms with E-state index in [4.69, 9.17) is 5.73 Å². The van der Waals surface area contributed by atoms with Gasteiger partial charge in [-0.15, -0.1) is 11.3 Å². The molecule has 178 valence electrons. The van der Waals surface area contributed by atoms with E-state index in [9.17, 15) is 18.4 Å². The highest BCUT2D eigenvalue weighted by atomic mass is 32.1. The summed E-state index contributed by atoms with van der Waals surface area (Å²) in [6.45, 7) is 7.75. The van der Waals surface area contributed by atoms with Gasteiger partial charge in [0.25, 0.3) is 12.3 Å². The number of carbonyl (C=O) groups is 2. The first-order valence-corrected chi connectivity index (χ1v) is 11.3. The smallest absolute Gasteiger partial charge is 0.280 e. The zero-order chi connectivity index (χ0) is 24.7. The molecule has 0 saturated carbocycles. The highest BCUT2D eigenvalue weighted by molar-refractivity contribution is 7.21. The van der Waals surface area contributed by atoms with Crippen LogP contribution in [-0.2, 0) is 11.3 Å². The van der Waals surface area contributed by atoms with Crippen molar-refractivity contribution in [3.63, 3.8) is 0 Å². The molecule has 34 heavy (non-hydrogen) atoms. The fourth-order valence-electron chi connectivity index (χ4n) is 3.67. The zero-order valence-corrected chi connectivity index (χ0v) is 19.8. The van der Waals surface area contributed by atoms with Gasteiger partial charge in [0.1, 0.15) is 21.4 Å². The standard InChI is InChI=1S/C22H23F2N7O2S/c1-5-30-9-14(11(3)29-30)13-6-15(19(23)24)27-22-16(13)17(18(34-22)20(25)32)28-21(33)12(4)31-8-10(2)7-26-31/h6-9,12,19H,5H2,1-4H3,(H2,25,32)(H,28,33). The van der Waals surface area contributed by atoms with Crippen molar-refractivity contribution in [1.29, 1.82) is 0 Å². The Labute approximate surface area is 197 Å². The van der Waals surface area contributed by atoms with Gasteiger partial charge in [0.15, 0.2) is 0 Å². The van der Waals surface area contributed by atoms with Crippen LogP contribution in [0.25, 0.3) is 21.3 Å². The largest absolute Gasteiger partial charge is 0.365 e. The average Bonchev–Trinajstić information content (AvgIpc) is 3.49. The molecular formula is C22H23F2N7O2S. The molecule has 4 heterocycles. The number of nitrogens with two attached hydrogens (primary N) is 1. The van der Waals surface area contributed by atoms with Crippen LogP contribution in [0.4, 0.5) is 14.5 Å². The monoisotopic (exact) mass is 487 g/mol. The minimum absolute atomic E-state index is 0.0212. The molecule has 4 rings (SSSR count). The van der Waals surface area contributed by atoms with E-state index in [1.54, 1.807) is 37.1 Å². The fourth-order valence-corrected chi connectivity index (χ4v) is 4.69. The van der Waals surface area contributed by atoms with Gasteiger partial charge in [0, 0.05) is 29.9 Å². The topological polar surface area (TPSA) is 121 Å². The Balaban J connectivity index is 1.93. The number of pyridine rings is 1. The molecule has 0 saturated heterocycles. The number of halogens is 2. The molecule has 0 aliphatic carbocycles. The maximum atomic E-state index is 13.7. The second-order valence-electron chi connectivity index (χ2n) is 7.89. The lowest BCUT2D eigenvalue weighted by Crippen LogP contribution is -2.25. The van der Waals surface area contributed by atoms with Gasteiger partial charge < -0.3 is 11.1 Å². The first-order valence-electron chi connectivity index (χ1n) is 10.5. The number of aromatic nitrogens is 5. The lowest BCUT2D eigenvalue weighted by molar-refractivity contribution is -0.119. The normalized spacial score (nSPS) is 12.4. The maximum Gasteiger partial charge on any atom is 0.280 e. The van der Waals surface area contributed by atoms with E-state index in [0.29, 0.717) is 28.8 Å². The predicted octanol–water partition coefficient (Wildman–Crippen LogP) is 4.23. The van der Waals surface area contributed by atoms with Gasteiger partial charge in [-0.2, -0.15) is 10.2 Å². The molecule has 1 atom stereocenters. The summed E-state index contributed by atoms with van der Waals surface area (Å²) in [5, 5.41) is 11.7. The van der Waals surface area contributed by atoms with Crippen LogP contribution < -0.4 is 11.1 Å². The van der Waals surface area contributed by atoms with E-state index in [-0.39, 0.29) is 15.4 Å². The molecule has 1 unspecified atom stereocenters. The van der Waals surface area contributed by atoms with Crippen LogP contribution in [0.5, 0.6) is 0 Å². The van der Waals surface area contributed by atoms with E-state index >= 15 is 0 Å². The van der Waals surface area contributed by atoms with Gasteiger partial charge in [-0.1, -0.05) is 0 Å². The van der Waals surface area contributed by atoms with Crippen molar-refractivity contribution >= 4 is 39.1 Å². The van der Waals surface area contributed by atoms with Crippen LogP contribution in [0.15, 0.2) is 24.7 Å². The number of thiophene rings is 1. The second-order valence-corrected chi connectivity index (χ2v) is 8.89. The summed E-state index contributed by atoms with van der Waals surface area (Å²) in [5.74, 6) is -1.25. The zero-order valence-electron chi connectivity index (χ0n) is 19.0. The number of anilines is 1. The van der Waals surface area contributed by atoms with Crippen LogP contribution in [0.3, 0.4) is 0 Å². The van der Waals surface area contributed by atoms with E-state index in [0.717, 1.165) is 16.9 Å². The Bertz CT molecular complexity index is 1410. The number of alkyl halides is 2. The minimum atomic E-state index is -2.83. The Kier molecular flexibility index (Phi) is 6.17. The molecule has 0 aromatic carbocycles. The van der Waals surface area contributed by atoms with Crippen molar-refractivity contribution in [3.05, 3.63) is 46.5 Å². The van der Waals surface area contributed by atoms with Crippen molar-refractivity contribution < 1.29 is 18.4 Å². The van der Waals surface area contributed by atoms with Gasteiger partial charge in [0.2, 0.25) is 5.91 Å². The van der Waals surface area contributed by atoms with Crippen LogP contribution in [0, 0.1) is 13.8 Å². The fraction of sp³-hybridized carbons (Fsp3) is 0.318. The molecule has 4 aromatic rings. The molecule has 0 aliphatic rings. The number of nitrogens with one attached hydrogen (secondary N) is 1. The Morgan fingerprint density at radius 3 is 2.53 bits per heavy atom. The number of aryl methyl sites for hydroxylation is 3. The van der Waals surface area contributed by atoms with Crippen molar-refractivity contribution in [3.8, 4) is 11.1 Å². The van der Waals surface area contributed by atoms with Crippen LogP contribution in [0.1, 0.15) is 52.9 Å². The predicted molar refractivity (Wildman–Crippen MR) is 125 cm³/mol. The summed E-state index contributed by atoms with van der Waals surface area (Å²) in [6.07, 6.45) is 2.25. The first-order chi connectivity index (χ1) is 16.1.